The fourth-order valence-electron chi connectivity index (χ4n) is 4.86. The molecule has 1 spiro atoms. The van der Waals surface area contributed by atoms with Crippen molar-refractivity contribution in [2.75, 3.05) is 26.8 Å². The van der Waals surface area contributed by atoms with E-state index in [-0.39, 0.29) is 17.7 Å². The Morgan fingerprint density at radius 3 is 2.70 bits per heavy atom. The number of unbranched alkanes of at least 4 members (excludes halogenated alkanes) is 1. The first-order chi connectivity index (χ1) is 13.2. The molecule has 0 aromatic heterocycles. The molecular weight excluding hydrogens is 340 g/mol. The number of carbonyl (C=O) groups is 2. The highest BCUT2D eigenvalue weighted by molar-refractivity contribution is 6.02. The van der Waals surface area contributed by atoms with Crippen molar-refractivity contribution in [2.24, 2.45) is 0 Å². The van der Waals surface area contributed by atoms with Gasteiger partial charge in [0.1, 0.15) is 0 Å². The Morgan fingerprint density at radius 1 is 1.26 bits per heavy atom. The number of ether oxygens (including phenoxy) is 1. The molecular formula is C22H32N2O3. The highest BCUT2D eigenvalue weighted by Crippen LogP contribution is 2.49. The monoisotopic (exact) mass is 372 g/mol. The number of hydrogen-bond acceptors (Lipinski definition) is 3. The largest absolute Gasteiger partial charge is 0.383 e. The zero-order valence-electron chi connectivity index (χ0n) is 16.6. The average Bonchev–Trinajstić information content (AvgIpc) is 2.69. The van der Waals surface area contributed by atoms with E-state index in [4.69, 9.17) is 4.74 Å². The van der Waals surface area contributed by atoms with Crippen LogP contribution in [0.1, 0.15) is 73.7 Å². The summed E-state index contributed by atoms with van der Waals surface area (Å²) in [6.45, 7) is 3.86. The lowest BCUT2D eigenvalue weighted by molar-refractivity contribution is -0.127. The van der Waals surface area contributed by atoms with Gasteiger partial charge in [0.15, 0.2) is 0 Å². The first-order valence-corrected chi connectivity index (χ1v) is 10.3. The second kappa shape index (κ2) is 8.87. The van der Waals surface area contributed by atoms with Gasteiger partial charge in [-0.15, -0.1) is 0 Å². The van der Waals surface area contributed by atoms with Gasteiger partial charge in [0.25, 0.3) is 5.91 Å². The van der Waals surface area contributed by atoms with Gasteiger partial charge >= 0.3 is 0 Å². The predicted molar refractivity (Wildman–Crippen MR) is 106 cm³/mol. The topological polar surface area (TPSA) is 58.6 Å². The standard InChI is InChI=1S/C22H32N2O3/c1-3-4-15-24-21(26)18-11-7-6-10-17(18)19(20(25)23-14-16-27-2)22(24)12-8-5-9-13-22/h6-7,10-11,19H,3-5,8-9,12-16H2,1-2H3,(H,23,25). The van der Waals surface area contributed by atoms with E-state index < -0.39 is 5.54 Å². The van der Waals surface area contributed by atoms with Crippen LogP contribution in [0.15, 0.2) is 24.3 Å². The molecule has 3 rings (SSSR count). The van der Waals surface area contributed by atoms with E-state index in [1.807, 2.05) is 24.3 Å². The summed E-state index contributed by atoms with van der Waals surface area (Å²) in [6.07, 6.45) is 7.12. The van der Waals surface area contributed by atoms with E-state index in [2.05, 4.69) is 17.1 Å². The van der Waals surface area contributed by atoms with Gasteiger partial charge in [0, 0.05) is 25.8 Å². The van der Waals surface area contributed by atoms with E-state index in [1.54, 1.807) is 7.11 Å². The van der Waals surface area contributed by atoms with Gasteiger partial charge in [-0.25, -0.2) is 0 Å². The van der Waals surface area contributed by atoms with Crippen LogP contribution < -0.4 is 5.32 Å². The van der Waals surface area contributed by atoms with Gasteiger partial charge in [-0.3, -0.25) is 9.59 Å². The lowest BCUT2D eigenvalue weighted by atomic mass is 9.65. The molecule has 0 radical (unpaired) electrons. The molecule has 2 aliphatic rings. The SMILES string of the molecule is CCCCN1C(=O)c2ccccc2C(C(=O)NCCOC)C12CCCCC2. The van der Waals surface area contributed by atoms with Gasteiger partial charge in [-0.2, -0.15) is 0 Å². The lowest BCUT2D eigenvalue weighted by Gasteiger charge is -2.53. The highest BCUT2D eigenvalue weighted by Gasteiger charge is 2.54. The summed E-state index contributed by atoms with van der Waals surface area (Å²) < 4.78 is 5.10. The van der Waals surface area contributed by atoms with Crippen molar-refractivity contribution in [3.8, 4) is 0 Å². The van der Waals surface area contributed by atoms with Crippen molar-refractivity contribution < 1.29 is 14.3 Å². The summed E-state index contributed by atoms with van der Waals surface area (Å²) in [7, 11) is 1.63. The Kier molecular flexibility index (Phi) is 6.53. The predicted octanol–water partition coefficient (Wildman–Crippen LogP) is 3.49. The summed E-state index contributed by atoms with van der Waals surface area (Å²) in [5.41, 5.74) is 1.19. The first kappa shape index (κ1) is 19.9. The molecule has 1 aromatic rings. The molecule has 0 saturated heterocycles. The van der Waals surface area contributed by atoms with Crippen LogP contribution in [-0.2, 0) is 9.53 Å². The van der Waals surface area contributed by atoms with E-state index in [1.165, 1.54) is 6.42 Å². The number of amides is 2. The van der Waals surface area contributed by atoms with Gasteiger partial charge in [0.05, 0.1) is 18.1 Å². The molecule has 1 aliphatic heterocycles. The number of nitrogens with one attached hydrogen (secondary N) is 1. The quantitative estimate of drug-likeness (QED) is 0.746. The van der Waals surface area contributed by atoms with Crippen molar-refractivity contribution >= 4 is 11.8 Å². The van der Waals surface area contributed by atoms with Crippen LogP contribution in [0.25, 0.3) is 0 Å². The van der Waals surface area contributed by atoms with Crippen LogP contribution in [0.2, 0.25) is 0 Å². The van der Waals surface area contributed by atoms with Crippen molar-refractivity contribution in [1.29, 1.82) is 0 Å². The molecule has 5 nitrogen and oxygen atoms in total. The molecule has 1 N–H and O–H groups in total. The van der Waals surface area contributed by atoms with Crippen LogP contribution in [-0.4, -0.2) is 49.1 Å². The Morgan fingerprint density at radius 2 is 2.00 bits per heavy atom. The Labute approximate surface area is 162 Å². The molecule has 1 unspecified atom stereocenters. The summed E-state index contributed by atoms with van der Waals surface area (Å²) in [5.74, 6) is -0.183. The minimum Gasteiger partial charge on any atom is -0.383 e. The molecule has 5 heteroatoms. The van der Waals surface area contributed by atoms with Crippen molar-refractivity contribution in [2.45, 2.75) is 63.3 Å². The van der Waals surface area contributed by atoms with E-state index >= 15 is 0 Å². The second-order valence-corrected chi connectivity index (χ2v) is 7.78. The summed E-state index contributed by atoms with van der Waals surface area (Å²) in [4.78, 5) is 28.8. The van der Waals surface area contributed by atoms with Crippen LogP contribution >= 0.6 is 0 Å². The zero-order valence-corrected chi connectivity index (χ0v) is 16.6. The molecule has 1 atom stereocenters. The van der Waals surface area contributed by atoms with Gasteiger partial charge in [-0.1, -0.05) is 50.8 Å². The number of benzene rings is 1. The maximum absolute atomic E-state index is 13.4. The number of hydrogen-bond donors (Lipinski definition) is 1. The number of carbonyl (C=O) groups excluding carboxylic acids is 2. The second-order valence-electron chi connectivity index (χ2n) is 7.78. The molecule has 1 heterocycles. The zero-order chi connectivity index (χ0) is 19.3. The average molecular weight is 373 g/mol. The molecule has 1 aromatic carbocycles. The molecule has 148 valence electrons. The number of rotatable bonds is 7. The van der Waals surface area contributed by atoms with Crippen molar-refractivity contribution in [3.05, 3.63) is 35.4 Å². The smallest absolute Gasteiger partial charge is 0.254 e. The summed E-state index contributed by atoms with van der Waals surface area (Å²) in [5, 5.41) is 3.06. The third-order valence-electron chi connectivity index (χ3n) is 6.14. The van der Waals surface area contributed by atoms with Crippen LogP contribution in [0.5, 0.6) is 0 Å². The Bertz CT molecular complexity index is 667. The lowest BCUT2D eigenvalue weighted by Crippen LogP contribution is -2.62. The molecule has 1 saturated carbocycles. The Balaban J connectivity index is 2.05. The molecule has 0 bridgehead atoms. The molecule has 1 fully saturated rings. The van der Waals surface area contributed by atoms with Crippen molar-refractivity contribution in [1.82, 2.24) is 10.2 Å². The van der Waals surface area contributed by atoms with Crippen LogP contribution in [0, 0.1) is 0 Å². The van der Waals surface area contributed by atoms with Gasteiger partial charge in [0.2, 0.25) is 5.91 Å². The third kappa shape index (κ3) is 3.75. The number of nitrogens with zero attached hydrogens (tertiary/aromatic N) is 1. The Hall–Kier alpha value is -1.88. The first-order valence-electron chi connectivity index (χ1n) is 10.3. The maximum Gasteiger partial charge on any atom is 0.254 e. The normalized spacial score (nSPS) is 21.2. The summed E-state index contributed by atoms with van der Waals surface area (Å²) >= 11 is 0. The van der Waals surface area contributed by atoms with Gasteiger partial charge in [-0.05, 0) is 30.9 Å². The number of methoxy groups -OCH3 is 1. The molecule has 1 aliphatic carbocycles. The summed E-state index contributed by atoms with van der Waals surface area (Å²) in [6, 6.07) is 7.69. The molecule has 27 heavy (non-hydrogen) atoms. The molecule has 2 amide bonds. The number of fused-ring (bicyclic) bond motifs is 1. The maximum atomic E-state index is 13.4. The fraction of sp³-hybridized carbons (Fsp3) is 0.636. The highest BCUT2D eigenvalue weighted by atomic mass is 16.5. The minimum absolute atomic E-state index is 0.0235. The van der Waals surface area contributed by atoms with Gasteiger partial charge < -0.3 is 15.0 Å². The van der Waals surface area contributed by atoms with E-state index in [9.17, 15) is 9.59 Å². The van der Waals surface area contributed by atoms with E-state index in [0.717, 1.165) is 50.6 Å². The van der Waals surface area contributed by atoms with Crippen LogP contribution in [0.4, 0.5) is 0 Å². The third-order valence-corrected chi connectivity index (χ3v) is 6.14. The minimum atomic E-state index is -0.393. The van der Waals surface area contributed by atoms with Crippen molar-refractivity contribution in [3.63, 3.8) is 0 Å². The fourth-order valence-corrected chi connectivity index (χ4v) is 4.86. The van der Waals surface area contributed by atoms with Crippen LogP contribution in [0.3, 0.4) is 0 Å². The van der Waals surface area contributed by atoms with E-state index in [0.29, 0.717) is 18.7 Å².